The van der Waals surface area contributed by atoms with Gasteiger partial charge in [-0.1, -0.05) is 29.8 Å². The molecule has 1 aromatic carbocycles. The number of imidazole rings is 1. The maximum atomic E-state index is 4.88. The first kappa shape index (κ1) is 14.7. The van der Waals surface area contributed by atoms with E-state index in [2.05, 4.69) is 80.6 Å². The summed E-state index contributed by atoms with van der Waals surface area (Å²) in [5.41, 5.74) is 7.03. The highest BCUT2D eigenvalue weighted by Gasteiger charge is 2.15. The molecule has 0 unspecified atom stereocenters. The van der Waals surface area contributed by atoms with Crippen molar-refractivity contribution in [3.05, 3.63) is 80.7 Å². The Bertz CT molecular complexity index is 953. The van der Waals surface area contributed by atoms with E-state index in [1.54, 1.807) is 11.3 Å². The molecule has 4 rings (SSSR count). The van der Waals surface area contributed by atoms with Gasteiger partial charge in [-0.15, -0.1) is 0 Å². The van der Waals surface area contributed by atoms with Crippen LogP contribution in [0.15, 0.2) is 63.9 Å². The molecule has 23 heavy (non-hydrogen) atoms. The monoisotopic (exact) mass is 382 g/mol. The molecule has 4 aromatic rings. The predicted molar refractivity (Wildman–Crippen MR) is 100 cm³/mol. The summed E-state index contributed by atoms with van der Waals surface area (Å²) >= 11 is 5.31. The number of hydrogen-bond acceptors (Lipinski definition) is 2. The molecule has 0 aliphatic rings. The molecule has 0 radical (unpaired) electrons. The van der Waals surface area contributed by atoms with Gasteiger partial charge in [0, 0.05) is 22.7 Å². The summed E-state index contributed by atoms with van der Waals surface area (Å²) in [6.07, 6.45) is 2.98. The normalized spacial score (nSPS) is 11.2. The molecule has 0 saturated heterocycles. The number of benzene rings is 1. The molecule has 3 heterocycles. The second-order valence-corrected chi connectivity index (χ2v) is 7.35. The molecule has 4 heteroatoms. The molecule has 0 aliphatic heterocycles. The van der Waals surface area contributed by atoms with Gasteiger partial charge in [0.15, 0.2) is 0 Å². The van der Waals surface area contributed by atoms with E-state index in [-0.39, 0.29) is 0 Å². The Morgan fingerprint density at radius 3 is 2.65 bits per heavy atom. The first-order chi connectivity index (χ1) is 11.2. The van der Waals surface area contributed by atoms with E-state index in [4.69, 9.17) is 4.98 Å². The fraction of sp³-hybridized carbons (Fsp3) is 0.105. The third-order valence-corrected chi connectivity index (χ3v) is 5.16. The Balaban J connectivity index is 1.93. The summed E-state index contributed by atoms with van der Waals surface area (Å²) in [5, 5.41) is 4.33. The number of hydrogen-bond donors (Lipinski definition) is 0. The quantitative estimate of drug-likeness (QED) is 0.442. The van der Waals surface area contributed by atoms with Gasteiger partial charge in [0.05, 0.1) is 11.4 Å². The number of halogens is 1. The van der Waals surface area contributed by atoms with Crippen LogP contribution in [0.3, 0.4) is 0 Å². The number of nitrogens with zero attached hydrogens (tertiary/aromatic N) is 2. The molecule has 0 saturated carbocycles. The van der Waals surface area contributed by atoms with Crippen LogP contribution in [0, 0.1) is 6.92 Å². The molecule has 114 valence electrons. The van der Waals surface area contributed by atoms with Crippen molar-refractivity contribution in [3.8, 4) is 11.3 Å². The van der Waals surface area contributed by atoms with Crippen molar-refractivity contribution in [2.75, 3.05) is 0 Å². The Kier molecular flexibility index (Phi) is 3.79. The zero-order valence-corrected chi connectivity index (χ0v) is 15.1. The van der Waals surface area contributed by atoms with Crippen molar-refractivity contribution < 1.29 is 0 Å². The van der Waals surface area contributed by atoms with Crippen LogP contribution in [0.5, 0.6) is 0 Å². The van der Waals surface area contributed by atoms with Crippen LogP contribution in [0.25, 0.3) is 16.9 Å². The summed E-state index contributed by atoms with van der Waals surface area (Å²) in [7, 11) is 0. The molecule has 0 fully saturated rings. The van der Waals surface area contributed by atoms with Crippen molar-refractivity contribution in [2.45, 2.75) is 13.3 Å². The van der Waals surface area contributed by atoms with Crippen molar-refractivity contribution in [1.82, 2.24) is 9.38 Å². The van der Waals surface area contributed by atoms with Crippen LogP contribution >= 0.6 is 27.3 Å². The third kappa shape index (κ3) is 2.84. The Hall–Kier alpha value is -1.91. The van der Waals surface area contributed by atoms with E-state index in [0.717, 1.165) is 22.2 Å². The summed E-state index contributed by atoms with van der Waals surface area (Å²) in [4.78, 5) is 4.88. The van der Waals surface area contributed by atoms with Gasteiger partial charge < -0.3 is 4.40 Å². The fourth-order valence-corrected chi connectivity index (χ4v) is 3.77. The highest BCUT2D eigenvalue weighted by atomic mass is 79.9. The first-order valence-electron chi connectivity index (χ1n) is 7.45. The lowest BCUT2D eigenvalue weighted by molar-refractivity contribution is 1.03. The number of fused-ring (bicyclic) bond motifs is 1. The number of pyridine rings is 1. The standard InChI is InChI=1S/C19H15BrN2S/c1-13-2-4-15(5-3-13)19-17(10-14-8-9-23-12-14)22-11-16(20)6-7-18(22)21-19/h2-9,11-12H,10H2,1H3. The summed E-state index contributed by atoms with van der Waals surface area (Å²) in [5.74, 6) is 0. The zero-order chi connectivity index (χ0) is 15.8. The van der Waals surface area contributed by atoms with E-state index in [1.807, 2.05) is 6.07 Å². The van der Waals surface area contributed by atoms with E-state index < -0.39 is 0 Å². The van der Waals surface area contributed by atoms with E-state index in [0.29, 0.717) is 0 Å². The highest BCUT2D eigenvalue weighted by Crippen LogP contribution is 2.28. The van der Waals surface area contributed by atoms with Gasteiger partial charge >= 0.3 is 0 Å². The van der Waals surface area contributed by atoms with Crippen LogP contribution in [0.2, 0.25) is 0 Å². The molecule has 3 aromatic heterocycles. The maximum Gasteiger partial charge on any atom is 0.137 e. The smallest absolute Gasteiger partial charge is 0.137 e. The molecule has 0 spiro atoms. The van der Waals surface area contributed by atoms with Gasteiger partial charge in [-0.3, -0.25) is 0 Å². The van der Waals surface area contributed by atoms with Crippen molar-refractivity contribution in [3.63, 3.8) is 0 Å². The topological polar surface area (TPSA) is 17.3 Å². The number of aryl methyl sites for hydroxylation is 1. The van der Waals surface area contributed by atoms with Crippen molar-refractivity contribution in [2.24, 2.45) is 0 Å². The van der Waals surface area contributed by atoms with Gasteiger partial charge in [0.2, 0.25) is 0 Å². The van der Waals surface area contributed by atoms with E-state index in [9.17, 15) is 0 Å². The average molecular weight is 383 g/mol. The lowest BCUT2D eigenvalue weighted by Gasteiger charge is -2.05. The summed E-state index contributed by atoms with van der Waals surface area (Å²) in [6, 6.07) is 14.9. The van der Waals surface area contributed by atoms with Gasteiger partial charge in [0.1, 0.15) is 5.65 Å². The maximum absolute atomic E-state index is 4.88. The molecule has 0 bridgehead atoms. The average Bonchev–Trinajstić information content (AvgIpc) is 3.17. The largest absolute Gasteiger partial charge is 0.302 e. The number of rotatable bonds is 3. The van der Waals surface area contributed by atoms with Crippen LogP contribution in [0.1, 0.15) is 16.8 Å². The van der Waals surface area contributed by atoms with Gasteiger partial charge in [-0.25, -0.2) is 4.98 Å². The summed E-state index contributed by atoms with van der Waals surface area (Å²) in [6.45, 7) is 2.11. The summed E-state index contributed by atoms with van der Waals surface area (Å²) < 4.78 is 3.25. The first-order valence-corrected chi connectivity index (χ1v) is 9.19. The molecule has 0 N–H and O–H groups in total. The van der Waals surface area contributed by atoms with Gasteiger partial charge in [0.25, 0.3) is 0 Å². The van der Waals surface area contributed by atoms with Gasteiger partial charge in [-0.2, -0.15) is 11.3 Å². The van der Waals surface area contributed by atoms with Crippen LogP contribution < -0.4 is 0 Å². The van der Waals surface area contributed by atoms with Crippen molar-refractivity contribution >= 4 is 32.9 Å². The lowest BCUT2D eigenvalue weighted by atomic mass is 10.0. The minimum absolute atomic E-state index is 0.879. The lowest BCUT2D eigenvalue weighted by Crippen LogP contribution is -1.96. The molecule has 0 atom stereocenters. The molecule has 0 amide bonds. The van der Waals surface area contributed by atoms with E-state index >= 15 is 0 Å². The zero-order valence-electron chi connectivity index (χ0n) is 12.7. The van der Waals surface area contributed by atoms with Crippen LogP contribution in [-0.2, 0) is 6.42 Å². The molecular weight excluding hydrogens is 368 g/mol. The third-order valence-electron chi connectivity index (χ3n) is 3.96. The van der Waals surface area contributed by atoms with E-state index in [1.165, 1.54) is 22.4 Å². The highest BCUT2D eigenvalue weighted by molar-refractivity contribution is 9.10. The van der Waals surface area contributed by atoms with Crippen LogP contribution in [0.4, 0.5) is 0 Å². The number of thiophene rings is 1. The van der Waals surface area contributed by atoms with Gasteiger partial charge in [-0.05, 0) is 57.4 Å². The molecule has 2 nitrogen and oxygen atoms in total. The second-order valence-electron chi connectivity index (χ2n) is 5.66. The minimum atomic E-state index is 0.879. The fourth-order valence-electron chi connectivity index (χ4n) is 2.77. The Morgan fingerprint density at radius 1 is 1.09 bits per heavy atom. The SMILES string of the molecule is Cc1ccc(-c2nc3ccc(Br)cn3c2Cc2ccsc2)cc1. The van der Waals surface area contributed by atoms with Crippen LogP contribution in [-0.4, -0.2) is 9.38 Å². The van der Waals surface area contributed by atoms with Crippen molar-refractivity contribution in [1.29, 1.82) is 0 Å². The Labute approximate surface area is 147 Å². The predicted octanol–water partition coefficient (Wildman–Crippen LogP) is 5.72. The number of aromatic nitrogens is 2. The Morgan fingerprint density at radius 2 is 1.91 bits per heavy atom. The second kappa shape index (κ2) is 5.95. The molecule has 0 aliphatic carbocycles. The minimum Gasteiger partial charge on any atom is -0.302 e. The molecular formula is C19H15BrN2S.